The first-order chi connectivity index (χ1) is 14.0. The van der Waals surface area contributed by atoms with E-state index >= 15 is 0 Å². The number of amides is 2. The molecule has 154 valence electrons. The Labute approximate surface area is 178 Å². The van der Waals surface area contributed by atoms with E-state index in [1.54, 1.807) is 0 Å². The molecule has 2 aromatic rings. The molecule has 0 spiro atoms. The molecule has 0 saturated carbocycles. The van der Waals surface area contributed by atoms with Crippen molar-refractivity contribution in [2.45, 2.75) is 51.5 Å². The first kappa shape index (κ1) is 21.4. The minimum absolute atomic E-state index is 0.0955. The van der Waals surface area contributed by atoms with Crippen LogP contribution in [0, 0.1) is 6.92 Å². The van der Waals surface area contributed by atoms with E-state index in [0.29, 0.717) is 31.0 Å². The Bertz CT molecular complexity index is 810. The molecule has 1 N–H and O–H groups in total. The molecule has 1 aliphatic rings. The van der Waals surface area contributed by atoms with Crippen molar-refractivity contribution in [1.29, 1.82) is 0 Å². The summed E-state index contributed by atoms with van der Waals surface area (Å²) in [5.41, 5.74) is 3.54. The molecule has 3 rings (SSSR count). The third-order valence-electron chi connectivity index (χ3n) is 5.51. The third-order valence-corrected chi connectivity index (χ3v) is 5.77. The minimum Gasteiger partial charge on any atom is -0.353 e. The molecule has 1 saturated heterocycles. The Morgan fingerprint density at radius 3 is 2.10 bits per heavy atom. The van der Waals surface area contributed by atoms with Crippen molar-refractivity contribution in [2.24, 2.45) is 0 Å². The van der Waals surface area contributed by atoms with Crippen LogP contribution in [0.1, 0.15) is 42.4 Å². The van der Waals surface area contributed by atoms with E-state index in [1.165, 1.54) is 11.1 Å². The first-order valence-electron chi connectivity index (χ1n) is 10.4. The number of nitrogens with zero attached hydrogens (tertiary/aromatic N) is 1. The van der Waals surface area contributed by atoms with E-state index in [-0.39, 0.29) is 17.9 Å². The van der Waals surface area contributed by atoms with Crippen LogP contribution in [0.5, 0.6) is 0 Å². The Hall–Kier alpha value is -2.33. The van der Waals surface area contributed by atoms with Gasteiger partial charge in [-0.3, -0.25) is 9.59 Å². The maximum absolute atomic E-state index is 12.5. The number of piperidine rings is 1. The van der Waals surface area contributed by atoms with Crippen molar-refractivity contribution in [1.82, 2.24) is 10.2 Å². The molecule has 4 nitrogen and oxygen atoms in total. The molecule has 2 aromatic carbocycles. The second-order valence-corrected chi connectivity index (χ2v) is 8.27. The highest BCUT2D eigenvalue weighted by Gasteiger charge is 2.23. The Kier molecular flexibility index (Phi) is 7.70. The van der Waals surface area contributed by atoms with Crippen LogP contribution < -0.4 is 5.32 Å². The molecular weight excluding hydrogens is 384 g/mol. The molecule has 0 aromatic heterocycles. The average Bonchev–Trinajstić information content (AvgIpc) is 2.73. The van der Waals surface area contributed by atoms with Gasteiger partial charge in [0.05, 0.1) is 0 Å². The van der Waals surface area contributed by atoms with Gasteiger partial charge in [0.1, 0.15) is 0 Å². The normalized spacial score (nSPS) is 14.6. The number of nitrogens with one attached hydrogen (secondary N) is 1. The number of carbonyl (C=O) groups excluding carboxylic acids is 2. The fraction of sp³-hybridized carbons (Fsp3) is 0.417. The molecule has 1 aliphatic heterocycles. The zero-order valence-electron chi connectivity index (χ0n) is 17.0. The summed E-state index contributed by atoms with van der Waals surface area (Å²) >= 11 is 5.90. The van der Waals surface area contributed by atoms with Crippen molar-refractivity contribution in [3.05, 3.63) is 70.2 Å². The second-order valence-electron chi connectivity index (χ2n) is 7.83. The largest absolute Gasteiger partial charge is 0.353 e. The smallest absolute Gasteiger partial charge is 0.222 e. The summed E-state index contributed by atoms with van der Waals surface area (Å²) in [7, 11) is 0. The Balaban J connectivity index is 1.34. The molecular formula is C24H29ClN2O2. The molecule has 1 heterocycles. The van der Waals surface area contributed by atoms with Crippen LogP contribution in [0.3, 0.4) is 0 Å². The number of carbonyl (C=O) groups is 2. The summed E-state index contributed by atoms with van der Waals surface area (Å²) in [6.07, 6.45) is 4.14. The van der Waals surface area contributed by atoms with Gasteiger partial charge in [-0.2, -0.15) is 0 Å². The van der Waals surface area contributed by atoms with Gasteiger partial charge in [0.15, 0.2) is 0 Å². The number of likely N-dealkylation sites (tertiary alicyclic amines) is 1. The van der Waals surface area contributed by atoms with Gasteiger partial charge < -0.3 is 10.2 Å². The first-order valence-corrected chi connectivity index (χ1v) is 10.7. The summed E-state index contributed by atoms with van der Waals surface area (Å²) < 4.78 is 0. The Morgan fingerprint density at radius 2 is 1.48 bits per heavy atom. The van der Waals surface area contributed by atoms with Crippen LogP contribution in [-0.2, 0) is 22.4 Å². The number of aryl methyl sites for hydroxylation is 3. The lowest BCUT2D eigenvalue weighted by atomic mass is 10.0. The lowest BCUT2D eigenvalue weighted by molar-refractivity contribution is -0.132. The zero-order valence-corrected chi connectivity index (χ0v) is 17.8. The molecule has 0 atom stereocenters. The van der Waals surface area contributed by atoms with Gasteiger partial charge in [-0.05, 0) is 55.9 Å². The van der Waals surface area contributed by atoms with Gasteiger partial charge in [0.25, 0.3) is 0 Å². The summed E-state index contributed by atoms with van der Waals surface area (Å²) in [6, 6.07) is 16.1. The third kappa shape index (κ3) is 6.90. The number of rotatable bonds is 7. The standard InChI is InChI=1S/C24H29ClN2O2/c1-18-2-4-19(5-3-18)8-12-23(28)26-22-14-16-27(17-15-22)24(29)13-9-20-6-10-21(25)11-7-20/h2-7,10-11,22H,8-9,12-17H2,1H3,(H,26,28). The fourth-order valence-corrected chi connectivity index (χ4v) is 3.77. The van der Waals surface area contributed by atoms with Crippen LogP contribution in [0.25, 0.3) is 0 Å². The van der Waals surface area contributed by atoms with Crippen molar-refractivity contribution in [2.75, 3.05) is 13.1 Å². The summed E-state index contributed by atoms with van der Waals surface area (Å²) in [4.78, 5) is 26.6. The van der Waals surface area contributed by atoms with E-state index < -0.39 is 0 Å². The fourth-order valence-electron chi connectivity index (χ4n) is 3.65. The average molecular weight is 413 g/mol. The highest BCUT2D eigenvalue weighted by Crippen LogP contribution is 2.15. The minimum atomic E-state index is 0.0955. The lowest BCUT2D eigenvalue weighted by Crippen LogP contribution is -2.46. The van der Waals surface area contributed by atoms with Gasteiger partial charge in [0, 0.05) is 37.0 Å². The topological polar surface area (TPSA) is 49.4 Å². The van der Waals surface area contributed by atoms with Crippen LogP contribution >= 0.6 is 11.6 Å². The SMILES string of the molecule is Cc1ccc(CCC(=O)NC2CCN(C(=O)CCc3ccc(Cl)cc3)CC2)cc1. The quantitative estimate of drug-likeness (QED) is 0.736. The van der Waals surface area contributed by atoms with Crippen molar-refractivity contribution >= 4 is 23.4 Å². The lowest BCUT2D eigenvalue weighted by Gasteiger charge is -2.32. The van der Waals surface area contributed by atoms with Gasteiger partial charge in [-0.1, -0.05) is 53.6 Å². The number of hydrogen-bond acceptors (Lipinski definition) is 2. The predicted octanol–water partition coefficient (Wildman–Crippen LogP) is 4.32. The summed E-state index contributed by atoms with van der Waals surface area (Å²) in [5, 5.41) is 3.84. The van der Waals surface area contributed by atoms with E-state index in [0.717, 1.165) is 31.2 Å². The molecule has 1 fully saturated rings. The van der Waals surface area contributed by atoms with Crippen molar-refractivity contribution in [3.8, 4) is 0 Å². The van der Waals surface area contributed by atoms with E-state index in [1.807, 2.05) is 29.2 Å². The zero-order chi connectivity index (χ0) is 20.6. The van der Waals surface area contributed by atoms with E-state index in [2.05, 4.69) is 36.5 Å². The molecule has 2 amide bonds. The van der Waals surface area contributed by atoms with E-state index in [4.69, 9.17) is 11.6 Å². The predicted molar refractivity (Wildman–Crippen MR) is 117 cm³/mol. The van der Waals surface area contributed by atoms with Gasteiger partial charge in [0.2, 0.25) is 11.8 Å². The number of halogens is 1. The second kappa shape index (κ2) is 10.4. The molecule has 0 unspecified atom stereocenters. The van der Waals surface area contributed by atoms with Crippen LogP contribution in [0.4, 0.5) is 0 Å². The molecule has 5 heteroatoms. The Morgan fingerprint density at radius 1 is 0.931 bits per heavy atom. The summed E-state index contributed by atoms with van der Waals surface area (Å²) in [5.74, 6) is 0.280. The maximum Gasteiger partial charge on any atom is 0.222 e. The van der Waals surface area contributed by atoms with Gasteiger partial charge >= 0.3 is 0 Å². The number of hydrogen-bond donors (Lipinski definition) is 1. The van der Waals surface area contributed by atoms with Crippen molar-refractivity contribution < 1.29 is 9.59 Å². The molecule has 0 bridgehead atoms. The van der Waals surface area contributed by atoms with Crippen LogP contribution in [0.15, 0.2) is 48.5 Å². The van der Waals surface area contributed by atoms with Gasteiger partial charge in [-0.25, -0.2) is 0 Å². The molecule has 29 heavy (non-hydrogen) atoms. The monoisotopic (exact) mass is 412 g/mol. The highest BCUT2D eigenvalue weighted by molar-refractivity contribution is 6.30. The van der Waals surface area contributed by atoms with Gasteiger partial charge in [-0.15, -0.1) is 0 Å². The summed E-state index contributed by atoms with van der Waals surface area (Å²) in [6.45, 7) is 3.48. The van der Waals surface area contributed by atoms with Crippen LogP contribution in [0.2, 0.25) is 5.02 Å². The molecule has 0 aliphatic carbocycles. The van der Waals surface area contributed by atoms with E-state index in [9.17, 15) is 9.59 Å². The van der Waals surface area contributed by atoms with Crippen molar-refractivity contribution in [3.63, 3.8) is 0 Å². The molecule has 0 radical (unpaired) electrons. The number of benzene rings is 2. The maximum atomic E-state index is 12.5. The van der Waals surface area contributed by atoms with Crippen LogP contribution in [-0.4, -0.2) is 35.8 Å². The highest BCUT2D eigenvalue weighted by atomic mass is 35.5.